The molecule has 0 aliphatic heterocycles. The minimum Gasteiger partial charge on any atom is -0.455 e. The van der Waals surface area contributed by atoms with Crippen molar-refractivity contribution in [2.24, 2.45) is 11.8 Å². The monoisotopic (exact) mass is 364 g/mol. The summed E-state index contributed by atoms with van der Waals surface area (Å²) in [6, 6.07) is 9.07. The lowest BCUT2D eigenvalue weighted by Gasteiger charge is -2.27. The molecule has 0 spiro atoms. The fraction of sp³-hybridized carbons (Fsp3) is 0.526. The number of carbonyl (C=O) groups excluding carboxylic acids is 2. The normalized spacial score (nSPS) is 14.5. The number of hydrogen-bond acceptors (Lipinski definition) is 4. The number of halogens is 1. The van der Waals surface area contributed by atoms with E-state index >= 15 is 0 Å². The van der Waals surface area contributed by atoms with Crippen molar-refractivity contribution in [2.45, 2.75) is 46.1 Å². The van der Waals surface area contributed by atoms with Gasteiger partial charge in [-0.15, -0.1) is 0 Å². The molecular weight excluding hydrogens is 340 g/mol. The summed E-state index contributed by atoms with van der Waals surface area (Å²) in [7, 11) is 0. The van der Waals surface area contributed by atoms with Crippen LogP contribution in [0.15, 0.2) is 24.3 Å². The Morgan fingerprint density at radius 1 is 1.24 bits per heavy atom. The Labute approximate surface area is 154 Å². The summed E-state index contributed by atoms with van der Waals surface area (Å²) in [6.45, 7) is 8.72. The number of benzene rings is 1. The smallest absolute Gasteiger partial charge is 0.314 e. The zero-order chi connectivity index (χ0) is 19.2. The van der Waals surface area contributed by atoms with Crippen molar-refractivity contribution in [2.75, 3.05) is 6.61 Å². The van der Waals surface area contributed by atoms with Crippen LogP contribution in [-0.2, 0) is 14.3 Å². The number of carbonyl (C=O) groups is 2. The van der Waals surface area contributed by atoms with Crippen LogP contribution in [0.3, 0.4) is 0 Å². The zero-order valence-electron chi connectivity index (χ0n) is 15.3. The van der Waals surface area contributed by atoms with E-state index in [-0.39, 0.29) is 11.8 Å². The van der Waals surface area contributed by atoms with E-state index < -0.39 is 29.9 Å². The maximum absolute atomic E-state index is 12.4. The van der Waals surface area contributed by atoms with E-state index in [1.807, 2.05) is 27.7 Å². The molecule has 136 valence electrons. The summed E-state index contributed by atoms with van der Waals surface area (Å²) in [6.07, 6.45) is 0. The van der Waals surface area contributed by atoms with Crippen molar-refractivity contribution < 1.29 is 14.3 Å². The molecule has 0 saturated heterocycles. The van der Waals surface area contributed by atoms with Crippen LogP contribution < -0.4 is 5.32 Å². The van der Waals surface area contributed by atoms with E-state index in [2.05, 4.69) is 11.4 Å². The van der Waals surface area contributed by atoms with Crippen LogP contribution in [0.1, 0.15) is 46.1 Å². The van der Waals surface area contributed by atoms with Gasteiger partial charge >= 0.3 is 5.97 Å². The summed E-state index contributed by atoms with van der Waals surface area (Å²) < 4.78 is 5.19. The number of esters is 1. The molecule has 6 heteroatoms. The van der Waals surface area contributed by atoms with Gasteiger partial charge in [-0.3, -0.25) is 9.59 Å². The van der Waals surface area contributed by atoms with Gasteiger partial charge in [-0.1, -0.05) is 51.4 Å². The Morgan fingerprint density at radius 2 is 1.80 bits per heavy atom. The number of hydrogen-bond donors (Lipinski definition) is 1. The lowest BCUT2D eigenvalue weighted by atomic mass is 9.88. The lowest BCUT2D eigenvalue weighted by Crippen LogP contribution is -2.50. The molecule has 0 radical (unpaired) electrons. The molecule has 0 aliphatic carbocycles. The quantitative estimate of drug-likeness (QED) is 0.748. The van der Waals surface area contributed by atoms with Gasteiger partial charge in [-0.05, 0) is 36.5 Å². The minimum atomic E-state index is -1.00. The van der Waals surface area contributed by atoms with Gasteiger partial charge in [0.25, 0.3) is 5.91 Å². The van der Waals surface area contributed by atoms with E-state index in [0.717, 1.165) is 5.56 Å². The van der Waals surface area contributed by atoms with E-state index in [1.54, 1.807) is 31.2 Å². The van der Waals surface area contributed by atoms with Crippen LogP contribution >= 0.6 is 11.6 Å². The van der Waals surface area contributed by atoms with Crippen LogP contribution in [0.4, 0.5) is 0 Å². The van der Waals surface area contributed by atoms with Crippen LogP contribution in [0.25, 0.3) is 0 Å². The van der Waals surface area contributed by atoms with Crippen molar-refractivity contribution >= 4 is 23.5 Å². The average molecular weight is 365 g/mol. The number of amides is 1. The minimum absolute atomic E-state index is 0.00299. The lowest BCUT2D eigenvalue weighted by molar-refractivity contribution is -0.151. The third-order valence-electron chi connectivity index (χ3n) is 4.28. The fourth-order valence-electron chi connectivity index (χ4n) is 2.32. The highest BCUT2D eigenvalue weighted by molar-refractivity contribution is 6.30. The molecule has 5 nitrogen and oxygen atoms in total. The average Bonchev–Trinajstić information content (AvgIpc) is 2.54. The van der Waals surface area contributed by atoms with Gasteiger partial charge in [0.2, 0.25) is 0 Å². The van der Waals surface area contributed by atoms with E-state index in [1.165, 1.54) is 0 Å². The maximum Gasteiger partial charge on any atom is 0.314 e. The van der Waals surface area contributed by atoms with Gasteiger partial charge in [0, 0.05) is 5.02 Å². The van der Waals surface area contributed by atoms with Gasteiger partial charge in [0.15, 0.2) is 6.61 Å². The number of ether oxygens (including phenoxy) is 1. The van der Waals surface area contributed by atoms with Gasteiger partial charge in [0.05, 0.1) is 12.0 Å². The largest absolute Gasteiger partial charge is 0.455 e. The van der Waals surface area contributed by atoms with Gasteiger partial charge in [-0.25, -0.2) is 0 Å². The molecule has 1 aromatic rings. The number of nitrogens with one attached hydrogen (secondary N) is 1. The van der Waals surface area contributed by atoms with Crippen molar-refractivity contribution in [3.05, 3.63) is 34.9 Å². The van der Waals surface area contributed by atoms with Crippen LogP contribution in [0.5, 0.6) is 0 Å². The fourth-order valence-corrected chi connectivity index (χ4v) is 2.44. The topological polar surface area (TPSA) is 79.2 Å². The molecule has 0 fully saturated rings. The summed E-state index contributed by atoms with van der Waals surface area (Å²) in [5.74, 6) is -1.54. The molecule has 2 atom stereocenters. The second-order valence-corrected chi connectivity index (χ2v) is 7.33. The number of rotatable bonds is 7. The second-order valence-electron chi connectivity index (χ2n) is 6.90. The first-order valence-corrected chi connectivity index (χ1v) is 8.63. The highest BCUT2D eigenvalue weighted by Crippen LogP contribution is 2.27. The molecule has 1 aromatic carbocycles. The summed E-state index contributed by atoms with van der Waals surface area (Å²) in [4.78, 5) is 24.5. The second kappa shape index (κ2) is 8.87. The van der Waals surface area contributed by atoms with E-state index in [4.69, 9.17) is 16.3 Å². The van der Waals surface area contributed by atoms with Gasteiger partial charge in [0.1, 0.15) is 5.54 Å². The van der Waals surface area contributed by atoms with Crippen LogP contribution in [0.2, 0.25) is 5.02 Å². The molecule has 1 rings (SSSR count). The molecule has 0 aromatic heterocycles. The highest BCUT2D eigenvalue weighted by atomic mass is 35.5. The molecule has 0 aliphatic rings. The standard InChI is InChI=1S/C19H25ClN2O3/c1-12(2)17(14-6-8-15(20)9-7-14)18(24)25-10-16(23)22-19(5,11-21)13(3)4/h6-9,12-13,17H,10H2,1-5H3,(H,22,23)/t17-,19+/m0/s1. The molecule has 0 bridgehead atoms. The first kappa shape index (κ1) is 21.0. The van der Waals surface area contributed by atoms with Gasteiger partial charge in [-0.2, -0.15) is 5.26 Å². The molecule has 1 amide bonds. The summed E-state index contributed by atoms with van der Waals surface area (Å²) >= 11 is 5.88. The first-order chi connectivity index (χ1) is 11.6. The highest BCUT2D eigenvalue weighted by Gasteiger charge is 2.31. The van der Waals surface area contributed by atoms with Crippen molar-refractivity contribution in [1.29, 1.82) is 5.26 Å². The van der Waals surface area contributed by atoms with Gasteiger partial charge < -0.3 is 10.1 Å². The third kappa shape index (κ3) is 5.75. The third-order valence-corrected chi connectivity index (χ3v) is 4.53. The number of nitrogens with zero attached hydrogens (tertiary/aromatic N) is 1. The van der Waals surface area contributed by atoms with Crippen LogP contribution in [-0.4, -0.2) is 24.0 Å². The predicted molar refractivity (Wildman–Crippen MR) is 97.0 cm³/mol. The summed E-state index contributed by atoms with van der Waals surface area (Å²) in [5.41, 5.74) is -0.217. The van der Waals surface area contributed by atoms with E-state index in [9.17, 15) is 14.9 Å². The molecule has 25 heavy (non-hydrogen) atoms. The molecular formula is C19H25ClN2O3. The summed E-state index contributed by atoms with van der Waals surface area (Å²) in [5, 5.41) is 12.4. The Kier molecular flexibility index (Phi) is 7.44. The molecule has 0 heterocycles. The zero-order valence-corrected chi connectivity index (χ0v) is 16.1. The first-order valence-electron chi connectivity index (χ1n) is 8.25. The molecule has 1 N–H and O–H groups in total. The Balaban J connectivity index is 2.74. The van der Waals surface area contributed by atoms with Crippen molar-refractivity contribution in [3.8, 4) is 6.07 Å². The Bertz CT molecular complexity index is 650. The Morgan fingerprint density at radius 3 is 2.24 bits per heavy atom. The molecule has 0 saturated carbocycles. The number of nitriles is 1. The van der Waals surface area contributed by atoms with Crippen molar-refractivity contribution in [1.82, 2.24) is 5.32 Å². The van der Waals surface area contributed by atoms with Crippen LogP contribution in [0, 0.1) is 23.2 Å². The van der Waals surface area contributed by atoms with Crippen molar-refractivity contribution in [3.63, 3.8) is 0 Å². The SMILES string of the molecule is CC(C)[C@H](C(=O)OCC(=O)N[C@](C)(C#N)C(C)C)c1ccc(Cl)cc1. The maximum atomic E-state index is 12.4. The van der Waals surface area contributed by atoms with E-state index in [0.29, 0.717) is 5.02 Å². The predicted octanol–water partition coefficient (Wildman–Crippen LogP) is 3.68. The molecule has 0 unspecified atom stereocenters. The Hall–Kier alpha value is -2.06.